The van der Waals surface area contributed by atoms with Crippen LogP contribution in [0.2, 0.25) is 0 Å². The second kappa shape index (κ2) is 6.46. The van der Waals surface area contributed by atoms with Gasteiger partial charge in [0.2, 0.25) is 5.91 Å². The highest BCUT2D eigenvalue weighted by molar-refractivity contribution is 5.78. The molecule has 2 unspecified atom stereocenters. The Morgan fingerprint density at radius 1 is 1.25 bits per heavy atom. The lowest BCUT2D eigenvalue weighted by Gasteiger charge is -2.33. The van der Waals surface area contributed by atoms with E-state index >= 15 is 0 Å². The van der Waals surface area contributed by atoms with Crippen LogP contribution in [0.15, 0.2) is 0 Å². The highest BCUT2D eigenvalue weighted by atomic mass is 16.2. The zero-order chi connectivity index (χ0) is 14.8. The van der Waals surface area contributed by atoms with Crippen LogP contribution in [0.5, 0.6) is 0 Å². The molecule has 2 rings (SSSR count). The number of hydrogen-bond acceptors (Lipinski definition) is 2. The van der Waals surface area contributed by atoms with Crippen LogP contribution in [-0.4, -0.2) is 37.0 Å². The van der Waals surface area contributed by atoms with Crippen LogP contribution < -0.4 is 5.32 Å². The summed E-state index contributed by atoms with van der Waals surface area (Å²) in [5.74, 6) is 1.63. The van der Waals surface area contributed by atoms with E-state index in [0.29, 0.717) is 17.9 Å². The van der Waals surface area contributed by atoms with Gasteiger partial charge in [-0.3, -0.25) is 4.79 Å². The molecule has 1 amide bonds. The van der Waals surface area contributed by atoms with E-state index in [2.05, 4.69) is 38.0 Å². The molecule has 1 aliphatic carbocycles. The van der Waals surface area contributed by atoms with Crippen molar-refractivity contribution >= 4 is 5.91 Å². The fourth-order valence-corrected chi connectivity index (χ4v) is 3.78. The van der Waals surface area contributed by atoms with Crippen molar-refractivity contribution < 1.29 is 4.79 Å². The van der Waals surface area contributed by atoms with Crippen molar-refractivity contribution in [2.24, 2.45) is 17.3 Å². The van der Waals surface area contributed by atoms with Gasteiger partial charge in [0.1, 0.15) is 0 Å². The van der Waals surface area contributed by atoms with E-state index in [4.69, 9.17) is 0 Å². The number of amides is 1. The Morgan fingerprint density at radius 2 is 1.90 bits per heavy atom. The monoisotopic (exact) mass is 280 g/mol. The number of rotatable bonds is 4. The molecular weight excluding hydrogens is 248 g/mol. The van der Waals surface area contributed by atoms with E-state index in [1.165, 1.54) is 32.1 Å². The van der Waals surface area contributed by atoms with Gasteiger partial charge >= 0.3 is 0 Å². The van der Waals surface area contributed by atoms with E-state index in [1.807, 2.05) is 0 Å². The average Bonchev–Trinajstić information content (AvgIpc) is 2.78. The SMILES string of the molecule is CNC(CN1CC(C(C)(C)C)CC1=O)C1CCCCC1. The molecule has 1 saturated carbocycles. The van der Waals surface area contributed by atoms with E-state index in [0.717, 1.165) is 25.4 Å². The molecule has 1 saturated heterocycles. The molecule has 0 spiro atoms. The van der Waals surface area contributed by atoms with E-state index in [1.54, 1.807) is 0 Å². The smallest absolute Gasteiger partial charge is 0.222 e. The summed E-state index contributed by atoms with van der Waals surface area (Å²) in [5, 5.41) is 3.48. The van der Waals surface area contributed by atoms with Gasteiger partial charge in [0.15, 0.2) is 0 Å². The van der Waals surface area contributed by atoms with Crippen molar-refractivity contribution in [3.05, 3.63) is 0 Å². The van der Waals surface area contributed by atoms with E-state index < -0.39 is 0 Å². The van der Waals surface area contributed by atoms with Gasteiger partial charge in [-0.05, 0) is 37.1 Å². The van der Waals surface area contributed by atoms with Crippen LogP contribution in [0.3, 0.4) is 0 Å². The Bertz CT molecular complexity index is 328. The van der Waals surface area contributed by atoms with Crippen molar-refractivity contribution in [2.45, 2.75) is 65.3 Å². The molecule has 0 aromatic carbocycles. The van der Waals surface area contributed by atoms with Gasteiger partial charge in [-0.2, -0.15) is 0 Å². The van der Waals surface area contributed by atoms with Gasteiger partial charge < -0.3 is 10.2 Å². The van der Waals surface area contributed by atoms with Crippen molar-refractivity contribution in [3.8, 4) is 0 Å². The quantitative estimate of drug-likeness (QED) is 0.858. The second-order valence-electron chi connectivity index (χ2n) is 7.86. The first kappa shape index (κ1) is 15.8. The molecule has 1 heterocycles. The summed E-state index contributed by atoms with van der Waals surface area (Å²) in [6.07, 6.45) is 7.52. The van der Waals surface area contributed by atoms with Crippen molar-refractivity contribution in [1.29, 1.82) is 0 Å². The number of likely N-dealkylation sites (N-methyl/N-ethyl adjacent to an activating group) is 1. The Labute approximate surface area is 124 Å². The molecule has 3 nitrogen and oxygen atoms in total. The Morgan fingerprint density at radius 3 is 2.40 bits per heavy atom. The Balaban J connectivity index is 1.92. The lowest BCUT2D eigenvalue weighted by molar-refractivity contribution is -0.128. The molecule has 0 aromatic heterocycles. The number of nitrogens with zero attached hydrogens (tertiary/aromatic N) is 1. The largest absolute Gasteiger partial charge is 0.341 e. The lowest BCUT2D eigenvalue weighted by atomic mass is 9.80. The van der Waals surface area contributed by atoms with Crippen LogP contribution in [0.25, 0.3) is 0 Å². The molecule has 1 N–H and O–H groups in total. The fraction of sp³-hybridized carbons (Fsp3) is 0.941. The summed E-state index contributed by atoms with van der Waals surface area (Å²) in [4.78, 5) is 14.4. The standard InChI is InChI=1S/C17H32N2O/c1-17(2,3)14-10-16(20)19(11-14)12-15(18-4)13-8-6-5-7-9-13/h13-15,18H,5-12H2,1-4H3. The van der Waals surface area contributed by atoms with Crippen LogP contribution in [0.4, 0.5) is 0 Å². The molecule has 0 bridgehead atoms. The summed E-state index contributed by atoms with van der Waals surface area (Å²) < 4.78 is 0. The number of nitrogens with one attached hydrogen (secondary N) is 1. The van der Waals surface area contributed by atoms with Crippen molar-refractivity contribution in [2.75, 3.05) is 20.1 Å². The van der Waals surface area contributed by atoms with E-state index in [-0.39, 0.29) is 5.41 Å². The van der Waals surface area contributed by atoms with Gasteiger partial charge in [0.25, 0.3) is 0 Å². The van der Waals surface area contributed by atoms with Gasteiger partial charge in [0, 0.05) is 25.6 Å². The molecule has 2 aliphatic rings. The van der Waals surface area contributed by atoms with Crippen molar-refractivity contribution in [1.82, 2.24) is 10.2 Å². The molecule has 3 heteroatoms. The molecule has 0 aromatic rings. The van der Waals surface area contributed by atoms with Crippen LogP contribution in [-0.2, 0) is 4.79 Å². The Kier molecular flexibility index (Phi) is 5.11. The molecule has 2 atom stereocenters. The molecule has 116 valence electrons. The Hall–Kier alpha value is -0.570. The molecular formula is C17H32N2O. The third-order valence-corrected chi connectivity index (χ3v) is 5.45. The molecule has 2 fully saturated rings. The van der Waals surface area contributed by atoms with Gasteiger partial charge in [-0.15, -0.1) is 0 Å². The minimum Gasteiger partial charge on any atom is -0.341 e. The van der Waals surface area contributed by atoms with Crippen molar-refractivity contribution in [3.63, 3.8) is 0 Å². The first-order chi connectivity index (χ1) is 9.41. The predicted octanol–water partition coefficient (Wildman–Crippen LogP) is 3.05. The maximum atomic E-state index is 12.3. The number of likely N-dealkylation sites (tertiary alicyclic amines) is 1. The average molecular weight is 280 g/mol. The number of carbonyl (C=O) groups is 1. The summed E-state index contributed by atoms with van der Waals surface area (Å²) in [5.41, 5.74) is 0.240. The minimum atomic E-state index is 0.240. The number of hydrogen-bond donors (Lipinski definition) is 1. The summed E-state index contributed by atoms with van der Waals surface area (Å²) in [6, 6.07) is 0.484. The molecule has 20 heavy (non-hydrogen) atoms. The zero-order valence-corrected chi connectivity index (χ0v) is 13.7. The number of carbonyl (C=O) groups excluding carboxylic acids is 1. The summed E-state index contributed by atoms with van der Waals surface area (Å²) in [7, 11) is 2.06. The molecule has 1 aliphatic heterocycles. The normalized spacial score (nSPS) is 27.1. The van der Waals surface area contributed by atoms with E-state index in [9.17, 15) is 4.79 Å². The topological polar surface area (TPSA) is 32.3 Å². The highest BCUT2D eigenvalue weighted by Gasteiger charge is 2.38. The first-order valence-electron chi connectivity index (χ1n) is 8.37. The third-order valence-electron chi connectivity index (χ3n) is 5.45. The van der Waals surface area contributed by atoms with Crippen LogP contribution in [0.1, 0.15) is 59.3 Å². The third kappa shape index (κ3) is 3.75. The lowest BCUT2D eigenvalue weighted by Crippen LogP contribution is -2.45. The summed E-state index contributed by atoms with van der Waals surface area (Å²) >= 11 is 0. The highest BCUT2D eigenvalue weighted by Crippen LogP contribution is 2.35. The second-order valence-corrected chi connectivity index (χ2v) is 7.86. The summed E-state index contributed by atoms with van der Waals surface area (Å²) in [6.45, 7) is 8.63. The fourth-order valence-electron chi connectivity index (χ4n) is 3.78. The van der Waals surface area contributed by atoms with Gasteiger partial charge in [-0.25, -0.2) is 0 Å². The first-order valence-corrected chi connectivity index (χ1v) is 8.37. The minimum absolute atomic E-state index is 0.240. The van der Waals surface area contributed by atoms with Gasteiger partial charge in [0.05, 0.1) is 0 Å². The maximum Gasteiger partial charge on any atom is 0.222 e. The zero-order valence-electron chi connectivity index (χ0n) is 13.7. The predicted molar refractivity (Wildman–Crippen MR) is 83.6 cm³/mol. The molecule has 0 radical (unpaired) electrons. The van der Waals surface area contributed by atoms with Gasteiger partial charge in [-0.1, -0.05) is 40.0 Å². The maximum absolute atomic E-state index is 12.3. The van der Waals surface area contributed by atoms with Crippen LogP contribution in [0, 0.1) is 17.3 Å². The van der Waals surface area contributed by atoms with Crippen LogP contribution >= 0.6 is 0 Å².